The Kier molecular flexibility index (Phi) is 2.84. The molecule has 1 aliphatic rings. The van der Waals surface area contributed by atoms with E-state index >= 15 is 0 Å². The molecule has 4 atom stereocenters. The minimum Gasteiger partial charge on any atom is -0.396 e. The van der Waals surface area contributed by atoms with Crippen molar-refractivity contribution in [3.05, 3.63) is 0 Å². The highest BCUT2D eigenvalue weighted by Crippen LogP contribution is 2.28. The van der Waals surface area contributed by atoms with Crippen molar-refractivity contribution in [2.75, 3.05) is 6.61 Å². The highest BCUT2D eigenvalue weighted by Gasteiger charge is 2.39. The van der Waals surface area contributed by atoms with Crippen molar-refractivity contribution >= 4 is 0 Å². The summed E-state index contributed by atoms with van der Waals surface area (Å²) in [7, 11) is 0. The smallest absolute Gasteiger partial charge is 0.106 e. The molecule has 0 aromatic heterocycles. The highest BCUT2D eigenvalue weighted by molar-refractivity contribution is 4.90. The summed E-state index contributed by atoms with van der Waals surface area (Å²) >= 11 is 0. The van der Waals surface area contributed by atoms with Gasteiger partial charge in [-0.15, -0.1) is 0 Å². The summed E-state index contributed by atoms with van der Waals surface area (Å²) in [6.07, 6.45) is -1.93. The zero-order valence-electron chi connectivity index (χ0n) is 6.22. The second kappa shape index (κ2) is 3.49. The van der Waals surface area contributed by atoms with Gasteiger partial charge < -0.3 is 20.4 Å². The van der Waals surface area contributed by atoms with Gasteiger partial charge in [-0.25, -0.2) is 0 Å². The third-order valence-electron chi connectivity index (χ3n) is 2.27. The van der Waals surface area contributed by atoms with Crippen molar-refractivity contribution < 1.29 is 20.4 Å². The lowest BCUT2D eigenvalue weighted by atomic mass is 10.0. The lowest BCUT2D eigenvalue weighted by Crippen LogP contribution is -2.30. The Morgan fingerprint density at radius 3 is 2.09 bits per heavy atom. The van der Waals surface area contributed by atoms with Crippen molar-refractivity contribution in [1.29, 1.82) is 0 Å². The lowest BCUT2D eigenvalue weighted by Gasteiger charge is -2.14. The molecule has 1 rings (SSSR count). The summed E-state index contributed by atoms with van der Waals surface area (Å²) in [4.78, 5) is 0. The van der Waals surface area contributed by atoms with Gasteiger partial charge in [0.1, 0.15) is 6.10 Å². The second-order valence-electron chi connectivity index (χ2n) is 3.06. The molecule has 66 valence electrons. The fraction of sp³-hybridized carbons (Fsp3) is 1.00. The van der Waals surface area contributed by atoms with Crippen LogP contribution in [0, 0.1) is 5.92 Å². The molecule has 4 N–H and O–H groups in total. The first-order chi connectivity index (χ1) is 5.16. The molecule has 0 aromatic carbocycles. The molecular weight excluding hydrogens is 148 g/mol. The van der Waals surface area contributed by atoms with Gasteiger partial charge in [0, 0.05) is 6.61 Å². The Labute approximate surface area is 65.1 Å². The van der Waals surface area contributed by atoms with Crippen LogP contribution in [-0.2, 0) is 0 Å². The van der Waals surface area contributed by atoms with Gasteiger partial charge in [-0.3, -0.25) is 0 Å². The van der Waals surface area contributed by atoms with Gasteiger partial charge in [0.25, 0.3) is 0 Å². The van der Waals surface area contributed by atoms with Crippen molar-refractivity contribution in [1.82, 2.24) is 0 Å². The Hall–Kier alpha value is -0.160. The lowest BCUT2D eigenvalue weighted by molar-refractivity contribution is -0.0274. The molecular formula is C7H14O4. The molecule has 0 unspecified atom stereocenters. The van der Waals surface area contributed by atoms with E-state index in [0.717, 1.165) is 0 Å². The SMILES string of the molecule is OCC[C@@H]1C[C@@H](O)[C@@H](O)[C@H]1O. The van der Waals surface area contributed by atoms with Crippen molar-refractivity contribution in [2.24, 2.45) is 5.92 Å². The van der Waals surface area contributed by atoms with Crippen LogP contribution in [0.1, 0.15) is 12.8 Å². The molecule has 1 fully saturated rings. The van der Waals surface area contributed by atoms with E-state index in [9.17, 15) is 5.11 Å². The molecule has 0 radical (unpaired) electrons. The number of aliphatic hydroxyl groups is 4. The fourth-order valence-corrected chi connectivity index (χ4v) is 1.55. The summed E-state index contributed by atoms with van der Waals surface area (Å²) in [5.41, 5.74) is 0. The van der Waals surface area contributed by atoms with Crippen molar-refractivity contribution in [3.63, 3.8) is 0 Å². The standard InChI is InChI=1S/C7H14O4/c8-2-1-4-3-5(9)7(11)6(4)10/h4-11H,1-3H2/t4-,5-,6+,7-/m1/s1. The Morgan fingerprint density at radius 1 is 1.09 bits per heavy atom. The molecule has 0 bridgehead atoms. The molecule has 0 amide bonds. The topological polar surface area (TPSA) is 80.9 Å². The maximum atomic E-state index is 9.24. The summed E-state index contributed by atoms with van der Waals surface area (Å²) in [6.45, 7) is -0.0127. The van der Waals surface area contributed by atoms with Crippen molar-refractivity contribution in [2.45, 2.75) is 31.2 Å². The molecule has 11 heavy (non-hydrogen) atoms. The molecule has 0 heterocycles. The average molecular weight is 162 g/mol. The third-order valence-corrected chi connectivity index (χ3v) is 2.27. The van der Waals surface area contributed by atoms with Crippen LogP contribution in [-0.4, -0.2) is 45.3 Å². The zero-order valence-corrected chi connectivity index (χ0v) is 6.22. The fourth-order valence-electron chi connectivity index (χ4n) is 1.55. The molecule has 4 nitrogen and oxygen atoms in total. The molecule has 0 spiro atoms. The van der Waals surface area contributed by atoms with Crippen LogP contribution in [0.4, 0.5) is 0 Å². The Morgan fingerprint density at radius 2 is 1.73 bits per heavy atom. The van der Waals surface area contributed by atoms with Gasteiger partial charge in [-0.05, 0) is 18.8 Å². The van der Waals surface area contributed by atoms with E-state index in [2.05, 4.69) is 0 Å². The molecule has 0 aliphatic heterocycles. The van der Waals surface area contributed by atoms with E-state index in [1.54, 1.807) is 0 Å². The average Bonchev–Trinajstić information content (AvgIpc) is 2.19. The predicted octanol–water partition coefficient (Wildman–Crippen LogP) is -1.53. The minimum atomic E-state index is -1.04. The molecule has 0 saturated heterocycles. The van der Waals surface area contributed by atoms with E-state index in [0.29, 0.717) is 12.8 Å². The van der Waals surface area contributed by atoms with Gasteiger partial charge in [0.2, 0.25) is 0 Å². The van der Waals surface area contributed by atoms with Crippen molar-refractivity contribution in [3.8, 4) is 0 Å². The number of hydrogen-bond acceptors (Lipinski definition) is 4. The molecule has 4 heteroatoms. The zero-order chi connectivity index (χ0) is 8.43. The quantitative estimate of drug-likeness (QED) is 0.397. The van der Waals surface area contributed by atoms with E-state index < -0.39 is 18.3 Å². The van der Waals surface area contributed by atoms with Crippen LogP contribution in [0.25, 0.3) is 0 Å². The van der Waals surface area contributed by atoms with E-state index in [-0.39, 0.29) is 12.5 Å². The van der Waals surface area contributed by atoms with Gasteiger partial charge in [-0.1, -0.05) is 0 Å². The minimum absolute atomic E-state index is 0.0127. The largest absolute Gasteiger partial charge is 0.396 e. The summed E-state index contributed by atoms with van der Waals surface area (Å²) in [6, 6.07) is 0. The first-order valence-corrected chi connectivity index (χ1v) is 3.82. The summed E-state index contributed by atoms with van der Waals surface area (Å²) in [5.74, 6) is -0.162. The molecule has 1 saturated carbocycles. The summed E-state index contributed by atoms with van der Waals surface area (Å²) in [5, 5.41) is 35.9. The number of rotatable bonds is 2. The first kappa shape index (κ1) is 8.93. The van der Waals surface area contributed by atoms with E-state index in [1.807, 2.05) is 0 Å². The normalized spacial score (nSPS) is 44.7. The summed E-state index contributed by atoms with van der Waals surface area (Å²) < 4.78 is 0. The van der Waals surface area contributed by atoms with Gasteiger partial charge >= 0.3 is 0 Å². The highest BCUT2D eigenvalue weighted by atomic mass is 16.4. The third kappa shape index (κ3) is 1.70. The first-order valence-electron chi connectivity index (χ1n) is 3.82. The van der Waals surface area contributed by atoms with Gasteiger partial charge in [0.05, 0.1) is 12.2 Å². The van der Waals surface area contributed by atoms with Crippen LogP contribution in [0.15, 0.2) is 0 Å². The van der Waals surface area contributed by atoms with Crippen LogP contribution < -0.4 is 0 Å². The predicted molar refractivity (Wildman–Crippen MR) is 37.8 cm³/mol. The monoisotopic (exact) mass is 162 g/mol. The van der Waals surface area contributed by atoms with Crippen LogP contribution in [0.3, 0.4) is 0 Å². The Balaban J connectivity index is 2.45. The van der Waals surface area contributed by atoms with E-state index in [4.69, 9.17) is 15.3 Å². The molecule has 1 aliphatic carbocycles. The second-order valence-corrected chi connectivity index (χ2v) is 3.06. The Bertz CT molecular complexity index is 128. The van der Waals surface area contributed by atoms with E-state index in [1.165, 1.54) is 0 Å². The maximum absolute atomic E-state index is 9.24. The van der Waals surface area contributed by atoms with Crippen LogP contribution in [0.2, 0.25) is 0 Å². The molecule has 0 aromatic rings. The number of hydrogen-bond donors (Lipinski definition) is 4. The number of aliphatic hydroxyl groups excluding tert-OH is 4. The van der Waals surface area contributed by atoms with Gasteiger partial charge in [-0.2, -0.15) is 0 Å². The van der Waals surface area contributed by atoms with Gasteiger partial charge in [0.15, 0.2) is 0 Å². The van der Waals surface area contributed by atoms with Crippen LogP contribution in [0.5, 0.6) is 0 Å². The van der Waals surface area contributed by atoms with Crippen LogP contribution >= 0.6 is 0 Å². The maximum Gasteiger partial charge on any atom is 0.106 e.